The second-order valence-corrected chi connectivity index (χ2v) is 5.34. The van der Waals surface area contributed by atoms with Gasteiger partial charge in [0.05, 0.1) is 6.61 Å². The maximum atomic E-state index is 11.3. The normalized spacial score (nSPS) is 33.8. The minimum atomic E-state index is -0.225. The van der Waals surface area contributed by atoms with Crippen molar-refractivity contribution < 1.29 is 9.53 Å². The molecule has 0 N–H and O–H groups in total. The third kappa shape index (κ3) is 2.24. The van der Waals surface area contributed by atoms with Crippen LogP contribution in [0.1, 0.15) is 45.4 Å². The van der Waals surface area contributed by atoms with Crippen LogP contribution in [-0.4, -0.2) is 12.6 Å². The minimum Gasteiger partial charge on any atom is -0.462 e. The standard InChI is InChI=1S/C13H20O2/c1-10(2)12(14)15-9-13-6-3-11(4-7-13)5-8-13/h11H,1,3-9H2,2H3. The molecule has 2 bridgehead atoms. The van der Waals surface area contributed by atoms with Gasteiger partial charge in [-0.05, 0) is 51.4 Å². The first-order valence-electron chi connectivity index (χ1n) is 5.94. The Labute approximate surface area is 91.7 Å². The molecule has 0 heterocycles. The highest BCUT2D eigenvalue weighted by Gasteiger charge is 2.41. The van der Waals surface area contributed by atoms with E-state index in [0.717, 1.165) is 5.92 Å². The second kappa shape index (κ2) is 3.99. The van der Waals surface area contributed by atoms with Gasteiger partial charge >= 0.3 is 5.97 Å². The highest BCUT2D eigenvalue weighted by Crippen LogP contribution is 2.50. The predicted octanol–water partition coefficient (Wildman–Crippen LogP) is 3.08. The van der Waals surface area contributed by atoms with Gasteiger partial charge in [-0.15, -0.1) is 0 Å². The Kier molecular flexibility index (Phi) is 2.85. The largest absolute Gasteiger partial charge is 0.462 e. The molecule has 0 atom stereocenters. The molecule has 2 heteroatoms. The van der Waals surface area contributed by atoms with Gasteiger partial charge in [0, 0.05) is 11.0 Å². The van der Waals surface area contributed by atoms with Crippen molar-refractivity contribution in [2.24, 2.45) is 11.3 Å². The van der Waals surface area contributed by atoms with Gasteiger partial charge in [0.15, 0.2) is 0 Å². The Morgan fingerprint density at radius 2 is 1.87 bits per heavy atom. The Balaban J connectivity index is 1.87. The summed E-state index contributed by atoms with van der Waals surface area (Å²) in [7, 11) is 0. The lowest BCUT2D eigenvalue weighted by Gasteiger charge is -2.45. The van der Waals surface area contributed by atoms with Crippen molar-refractivity contribution >= 4 is 5.97 Å². The second-order valence-electron chi connectivity index (χ2n) is 5.34. The number of carbonyl (C=O) groups is 1. The molecular weight excluding hydrogens is 188 g/mol. The molecule has 15 heavy (non-hydrogen) atoms. The Hall–Kier alpha value is -0.790. The fourth-order valence-corrected chi connectivity index (χ4v) is 2.90. The Morgan fingerprint density at radius 3 is 2.33 bits per heavy atom. The molecule has 3 aliphatic carbocycles. The summed E-state index contributed by atoms with van der Waals surface area (Å²) in [5, 5.41) is 0. The summed E-state index contributed by atoms with van der Waals surface area (Å²) in [6.45, 7) is 5.93. The molecule has 0 amide bonds. The van der Waals surface area contributed by atoms with Gasteiger partial charge in [-0.1, -0.05) is 6.58 Å². The van der Waals surface area contributed by atoms with Crippen LogP contribution in [0.2, 0.25) is 0 Å². The van der Waals surface area contributed by atoms with Crippen molar-refractivity contribution in [3.8, 4) is 0 Å². The lowest BCUT2D eigenvalue weighted by molar-refractivity contribution is -0.145. The maximum Gasteiger partial charge on any atom is 0.333 e. The monoisotopic (exact) mass is 208 g/mol. The summed E-state index contributed by atoms with van der Waals surface area (Å²) >= 11 is 0. The van der Waals surface area contributed by atoms with Gasteiger partial charge in [-0.3, -0.25) is 0 Å². The molecule has 0 aromatic rings. The molecule has 0 aliphatic heterocycles. The summed E-state index contributed by atoms with van der Waals surface area (Å²) in [6.07, 6.45) is 7.77. The van der Waals surface area contributed by atoms with E-state index in [0.29, 0.717) is 17.6 Å². The van der Waals surface area contributed by atoms with E-state index in [-0.39, 0.29) is 5.97 Å². The summed E-state index contributed by atoms with van der Waals surface area (Å²) in [5.41, 5.74) is 0.829. The first-order valence-corrected chi connectivity index (χ1v) is 5.94. The molecule has 0 radical (unpaired) electrons. The molecule has 3 rings (SSSR count). The van der Waals surface area contributed by atoms with Crippen LogP contribution in [0.4, 0.5) is 0 Å². The van der Waals surface area contributed by atoms with Gasteiger partial charge in [-0.2, -0.15) is 0 Å². The van der Waals surface area contributed by atoms with Crippen molar-refractivity contribution in [1.29, 1.82) is 0 Å². The van der Waals surface area contributed by atoms with E-state index in [9.17, 15) is 4.79 Å². The van der Waals surface area contributed by atoms with Crippen molar-refractivity contribution in [3.05, 3.63) is 12.2 Å². The van der Waals surface area contributed by atoms with E-state index in [1.807, 2.05) is 0 Å². The molecule has 0 aromatic carbocycles. The summed E-state index contributed by atoms with van der Waals surface area (Å²) in [6, 6.07) is 0. The van der Waals surface area contributed by atoms with Crippen LogP contribution in [0.15, 0.2) is 12.2 Å². The quantitative estimate of drug-likeness (QED) is 0.526. The summed E-state index contributed by atoms with van der Waals surface area (Å²) < 4.78 is 5.32. The summed E-state index contributed by atoms with van der Waals surface area (Å²) in [5.74, 6) is 0.737. The number of hydrogen-bond donors (Lipinski definition) is 0. The van der Waals surface area contributed by atoms with E-state index in [1.54, 1.807) is 6.92 Å². The zero-order valence-electron chi connectivity index (χ0n) is 9.55. The maximum absolute atomic E-state index is 11.3. The molecule has 2 nitrogen and oxygen atoms in total. The molecule has 0 saturated heterocycles. The molecule has 3 saturated carbocycles. The van der Waals surface area contributed by atoms with E-state index in [2.05, 4.69) is 6.58 Å². The first kappa shape index (κ1) is 10.7. The van der Waals surface area contributed by atoms with Crippen molar-refractivity contribution in [2.45, 2.75) is 45.4 Å². The highest BCUT2D eigenvalue weighted by atomic mass is 16.5. The first-order chi connectivity index (χ1) is 7.11. The Bertz CT molecular complexity index is 258. The van der Waals surface area contributed by atoms with Crippen LogP contribution >= 0.6 is 0 Å². The minimum absolute atomic E-state index is 0.225. The van der Waals surface area contributed by atoms with Gasteiger partial charge in [0.1, 0.15) is 0 Å². The number of carbonyl (C=O) groups excluding carboxylic acids is 1. The topological polar surface area (TPSA) is 26.3 Å². The van der Waals surface area contributed by atoms with Crippen LogP contribution in [0.25, 0.3) is 0 Å². The lowest BCUT2D eigenvalue weighted by atomic mass is 9.61. The lowest BCUT2D eigenvalue weighted by Crippen LogP contribution is -2.38. The van der Waals surface area contributed by atoms with Crippen LogP contribution in [-0.2, 0) is 9.53 Å². The number of fused-ring (bicyclic) bond motifs is 3. The number of esters is 1. The van der Waals surface area contributed by atoms with E-state index < -0.39 is 0 Å². The molecule has 0 aromatic heterocycles. The molecular formula is C13H20O2. The zero-order valence-corrected chi connectivity index (χ0v) is 9.55. The smallest absolute Gasteiger partial charge is 0.333 e. The number of rotatable bonds is 3. The zero-order chi connectivity index (χ0) is 10.9. The fraction of sp³-hybridized carbons (Fsp3) is 0.769. The average molecular weight is 208 g/mol. The van der Waals surface area contributed by atoms with E-state index in [4.69, 9.17) is 4.74 Å². The predicted molar refractivity (Wildman–Crippen MR) is 59.4 cm³/mol. The fourth-order valence-electron chi connectivity index (χ4n) is 2.90. The van der Waals surface area contributed by atoms with Gasteiger partial charge in [-0.25, -0.2) is 4.79 Å². The van der Waals surface area contributed by atoms with Crippen LogP contribution < -0.4 is 0 Å². The number of ether oxygens (including phenoxy) is 1. The highest BCUT2D eigenvalue weighted by molar-refractivity contribution is 5.86. The van der Waals surface area contributed by atoms with Crippen molar-refractivity contribution in [1.82, 2.24) is 0 Å². The van der Waals surface area contributed by atoms with Gasteiger partial charge in [0.25, 0.3) is 0 Å². The number of hydrogen-bond acceptors (Lipinski definition) is 2. The van der Waals surface area contributed by atoms with E-state index in [1.165, 1.54) is 38.5 Å². The molecule has 3 fully saturated rings. The van der Waals surface area contributed by atoms with Crippen LogP contribution in [0, 0.1) is 11.3 Å². The molecule has 0 unspecified atom stereocenters. The molecule has 3 aliphatic rings. The average Bonchev–Trinajstić information content (AvgIpc) is 2.28. The third-order valence-electron chi connectivity index (χ3n) is 4.11. The molecule has 84 valence electrons. The SMILES string of the molecule is C=C(C)C(=O)OCC12CCC(CC1)CC2. The van der Waals surface area contributed by atoms with Crippen LogP contribution in [0.3, 0.4) is 0 Å². The van der Waals surface area contributed by atoms with E-state index >= 15 is 0 Å². The summed E-state index contributed by atoms with van der Waals surface area (Å²) in [4.78, 5) is 11.3. The van der Waals surface area contributed by atoms with Crippen molar-refractivity contribution in [2.75, 3.05) is 6.61 Å². The Morgan fingerprint density at radius 1 is 1.33 bits per heavy atom. The molecule has 0 spiro atoms. The van der Waals surface area contributed by atoms with Gasteiger partial charge < -0.3 is 4.74 Å². The van der Waals surface area contributed by atoms with Crippen molar-refractivity contribution in [3.63, 3.8) is 0 Å². The van der Waals surface area contributed by atoms with Gasteiger partial charge in [0.2, 0.25) is 0 Å². The third-order valence-corrected chi connectivity index (χ3v) is 4.11. The van der Waals surface area contributed by atoms with Crippen LogP contribution in [0.5, 0.6) is 0 Å².